The van der Waals surface area contributed by atoms with Crippen LogP contribution in [-0.2, 0) is 0 Å². The van der Waals surface area contributed by atoms with Crippen LogP contribution < -0.4 is 0 Å². The van der Waals surface area contributed by atoms with Crippen LogP contribution in [0.4, 0.5) is 22.0 Å². The molecule has 0 aliphatic heterocycles. The molecule has 0 amide bonds. The number of rotatable bonds is 1. The van der Waals surface area contributed by atoms with Gasteiger partial charge in [0.05, 0.1) is 13.8 Å². The van der Waals surface area contributed by atoms with Gasteiger partial charge in [-0.15, -0.1) is 0 Å². The summed E-state index contributed by atoms with van der Waals surface area (Å²) in [6, 6.07) is 0.744. The fourth-order valence-electron chi connectivity index (χ4n) is 0.750. The molecule has 15 heavy (non-hydrogen) atoms. The fourth-order valence-corrected chi connectivity index (χ4v) is 2.77. The SMILES string of the molecule is Fc1c(Br)cc(SC(F)(F)F)c(F)c1Br. The summed E-state index contributed by atoms with van der Waals surface area (Å²) in [6.07, 6.45) is 0. The van der Waals surface area contributed by atoms with E-state index in [4.69, 9.17) is 0 Å². The Bertz CT molecular complexity index is 390. The smallest absolute Gasteiger partial charge is 0.204 e. The first-order valence-corrected chi connectivity index (χ1v) is 5.71. The lowest BCUT2D eigenvalue weighted by Crippen LogP contribution is -2.01. The molecular formula is C7HBr2F5S. The average molecular weight is 372 g/mol. The molecule has 0 nitrogen and oxygen atoms in total. The molecule has 0 bridgehead atoms. The molecule has 0 saturated carbocycles. The minimum absolute atomic E-state index is 0.234. The van der Waals surface area contributed by atoms with Gasteiger partial charge in [0.15, 0.2) is 11.6 Å². The van der Waals surface area contributed by atoms with Crippen molar-refractivity contribution in [2.75, 3.05) is 0 Å². The summed E-state index contributed by atoms with van der Waals surface area (Å²) < 4.78 is 61.1. The highest BCUT2D eigenvalue weighted by molar-refractivity contribution is 9.11. The van der Waals surface area contributed by atoms with Gasteiger partial charge in [-0.05, 0) is 49.7 Å². The second kappa shape index (κ2) is 4.58. The Kier molecular flexibility index (Phi) is 4.05. The molecule has 8 heteroatoms. The molecule has 1 aromatic carbocycles. The topological polar surface area (TPSA) is 0 Å². The van der Waals surface area contributed by atoms with Crippen molar-refractivity contribution in [1.29, 1.82) is 0 Å². The molecular weight excluding hydrogens is 371 g/mol. The zero-order chi connectivity index (χ0) is 11.8. The summed E-state index contributed by atoms with van der Waals surface area (Å²) in [7, 11) is 0. The molecule has 84 valence electrons. The molecule has 0 heterocycles. The van der Waals surface area contributed by atoms with E-state index in [1.807, 2.05) is 0 Å². The largest absolute Gasteiger partial charge is 0.446 e. The van der Waals surface area contributed by atoms with E-state index in [-0.39, 0.29) is 4.47 Å². The molecule has 0 fully saturated rings. The van der Waals surface area contributed by atoms with E-state index in [1.54, 1.807) is 0 Å². The van der Waals surface area contributed by atoms with Gasteiger partial charge in [-0.1, -0.05) is 0 Å². The van der Waals surface area contributed by atoms with E-state index in [1.165, 1.54) is 0 Å². The number of alkyl halides is 3. The Hall–Kier alpha value is 0.180. The van der Waals surface area contributed by atoms with Crippen molar-refractivity contribution in [2.45, 2.75) is 10.4 Å². The van der Waals surface area contributed by atoms with Crippen LogP contribution in [0.25, 0.3) is 0 Å². The van der Waals surface area contributed by atoms with Crippen LogP contribution >= 0.6 is 43.6 Å². The lowest BCUT2D eigenvalue weighted by atomic mass is 10.3. The van der Waals surface area contributed by atoms with Crippen molar-refractivity contribution in [2.24, 2.45) is 0 Å². The molecule has 0 aromatic heterocycles. The number of hydrogen-bond donors (Lipinski definition) is 0. The molecule has 0 spiro atoms. The van der Waals surface area contributed by atoms with Crippen molar-refractivity contribution in [3.8, 4) is 0 Å². The highest BCUT2D eigenvalue weighted by atomic mass is 79.9. The number of thioether (sulfide) groups is 1. The monoisotopic (exact) mass is 370 g/mol. The van der Waals surface area contributed by atoms with E-state index in [0.717, 1.165) is 6.07 Å². The summed E-state index contributed by atoms with van der Waals surface area (Å²) in [5.74, 6) is -2.24. The van der Waals surface area contributed by atoms with E-state index in [2.05, 4.69) is 31.9 Å². The first-order valence-electron chi connectivity index (χ1n) is 3.31. The summed E-state index contributed by atoms with van der Waals surface area (Å²) in [5, 5.41) is 0. The van der Waals surface area contributed by atoms with Crippen LogP contribution in [-0.4, -0.2) is 5.51 Å². The van der Waals surface area contributed by atoms with Crippen molar-refractivity contribution in [3.63, 3.8) is 0 Å². The Morgan fingerprint density at radius 1 is 1.07 bits per heavy atom. The first-order chi connectivity index (χ1) is 6.72. The van der Waals surface area contributed by atoms with Crippen LogP contribution in [0.3, 0.4) is 0 Å². The Balaban J connectivity index is 3.21. The van der Waals surface area contributed by atoms with E-state index >= 15 is 0 Å². The van der Waals surface area contributed by atoms with Gasteiger partial charge in [0.2, 0.25) is 0 Å². The molecule has 0 unspecified atom stereocenters. The van der Waals surface area contributed by atoms with Gasteiger partial charge >= 0.3 is 5.51 Å². The molecule has 1 rings (SSSR count). The quantitative estimate of drug-likeness (QED) is 0.286. The normalized spacial score (nSPS) is 11.9. The van der Waals surface area contributed by atoms with Gasteiger partial charge < -0.3 is 0 Å². The van der Waals surface area contributed by atoms with Crippen LogP contribution in [0, 0.1) is 11.6 Å². The van der Waals surface area contributed by atoms with Crippen molar-refractivity contribution >= 4 is 43.6 Å². The fraction of sp³-hybridized carbons (Fsp3) is 0.143. The Morgan fingerprint density at radius 2 is 1.60 bits per heavy atom. The lowest BCUT2D eigenvalue weighted by Gasteiger charge is -2.09. The zero-order valence-corrected chi connectivity index (χ0v) is 10.6. The maximum atomic E-state index is 13.1. The van der Waals surface area contributed by atoms with Gasteiger partial charge in [0.1, 0.15) is 0 Å². The lowest BCUT2D eigenvalue weighted by molar-refractivity contribution is -0.0329. The first kappa shape index (κ1) is 13.2. The molecule has 0 aliphatic carbocycles. The van der Waals surface area contributed by atoms with Gasteiger partial charge in [-0.2, -0.15) is 13.2 Å². The second-order valence-electron chi connectivity index (χ2n) is 2.35. The minimum atomic E-state index is -4.61. The Morgan fingerprint density at radius 3 is 2.07 bits per heavy atom. The maximum absolute atomic E-state index is 13.1. The number of hydrogen-bond acceptors (Lipinski definition) is 1. The summed E-state index contributed by atoms with van der Waals surface area (Å²) >= 11 is 4.58. The molecule has 0 saturated heterocycles. The highest BCUT2D eigenvalue weighted by Gasteiger charge is 2.32. The maximum Gasteiger partial charge on any atom is 0.446 e. The third-order valence-corrected chi connectivity index (χ3v) is 3.32. The summed E-state index contributed by atoms with van der Waals surface area (Å²) in [6.45, 7) is 0. The van der Waals surface area contributed by atoms with Crippen molar-refractivity contribution < 1.29 is 22.0 Å². The van der Waals surface area contributed by atoms with Crippen LogP contribution in [0.15, 0.2) is 19.9 Å². The van der Waals surface area contributed by atoms with Gasteiger partial charge in [0.25, 0.3) is 0 Å². The van der Waals surface area contributed by atoms with Crippen LogP contribution in [0.2, 0.25) is 0 Å². The third kappa shape index (κ3) is 3.32. The van der Waals surface area contributed by atoms with Crippen molar-refractivity contribution in [3.05, 3.63) is 26.6 Å². The zero-order valence-electron chi connectivity index (χ0n) is 6.63. The highest BCUT2D eigenvalue weighted by Crippen LogP contribution is 2.41. The van der Waals surface area contributed by atoms with Gasteiger partial charge in [-0.25, -0.2) is 8.78 Å². The molecule has 0 radical (unpaired) electrons. The second-order valence-corrected chi connectivity index (χ2v) is 5.10. The summed E-state index contributed by atoms with van der Waals surface area (Å²) in [4.78, 5) is -0.692. The van der Waals surface area contributed by atoms with E-state index < -0.39 is 38.3 Å². The van der Waals surface area contributed by atoms with Crippen LogP contribution in [0.1, 0.15) is 0 Å². The van der Waals surface area contributed by atoms with Gasteiger partial charge in [0, 0.05) is 0 Å². The van der Waals surface area contributed by atoms with Crippen LogP contribution in [0.5, 0.6) is 0 Å². The molecule has 0 N–H and O–H groups in total. The number of halogens is 7. The Labute approximate surface area is 102 Å². The molecule has 0 aliphatic rings. The van der Waals surface area contributed by atoms with E-state index in [9.17, 15) is 22.0 Å². The minimum Gasteiger partial charge on any atom is -0.204 e. The average Bonchev–Trinajstić information content (AvgIpc) is 2.08. The van der Waals surface area contributed by atoms with Crippen molar-refractivity contribution in [1.82, 2.24) is 0 Å². The predicted molar refractivity (Wildman–Crippen MR) is 53.7 cm³/mol. The molecule has 1 aromatic rings. The predicted octanol–water partition coefficient (Wildman–Crippen LogP) is 5.10. The standard InChI is InChI=1S/C7HBr2F5S/c8-2-1-3(15-7(12,13)14)6(11)4(9)5(2)10/h1H. The number of benzene rings is 1. The molecule has 0 atom stereocenters. The third-order valence-electron chi connectivity index (χ3n) is 1.29. The van der Waals surface area contributed by atoms with E-state index in [0.29, 0.717) is 0 Å². The summed E-state index contributed by atoms with van der Waals surface area (Å²) in [5.41, 5.74) is -4.61. The van der Waals surface area contributed by atoms with Gasteiger partial charge in [-0.3, -0.25) is 0 Å².